The topological polar surface area (TPSA) is 35.0 Å². The van der Waals surface area contributed by atoms with Crippen molar-refractivity contribution >= 4 is 0 Å². The largest absolute Gasteiger partial charge is 0.494 e. The zero-order valence-electron chi connectivity index (χ0n) is 15.6. The summed E-state index contributed by atoms with van der Waals surface area (Å²) >= 11 is 0. The quantitative estimate of drug-likeness (QED) is 0.464. The summed E-state index contributed by atoms with van der Waals surface area (Å²) in [6.45, 7) is 5.08. The molecule has 0 bridgehead atoms. The Bertz CT molecular complexity index is 793. The van der Waals surface area contributed by atoms with Crippen LogP contribution in [0.2, 0.25) is 0 Å². The molecule has 3 aromatic rings. The van der Waals surface area contributed by atoms with Gasteiger partial charge in [0, 0.05) is 23.5 Å². The molecule has 0 fully saturated rings. The van der Waals surface area contributed by atoms with E-state index in [1.807, 2.05) is 24.5 Å². The maximum absolute atomic E-state index is 5.80. The van der Waals surface area contributed by atoms with Crippen LogP contribution >= 0.6 is 0 Å². The van der Waals surface area contributed by atoms with Crippen molar-refractivity contribution in [2.45, 2.75) is 39.5 Å². The number of ether oxygens (including phenoxy) is 1. The van der Waals surface area contributed by atoms with Crippen molar-refractivity contribution in [2.24, 2.45) is 0 Å². The van der Waals surface area contributed by atoms with Gasteiger partial charge < -0.3 is 4.74 Å². The maximum atomic E-state index is 5.80. The first-order valence-corrected chi connectivity index (χ1v) is 9.38. The fourth-order valence-electron chi connectivity index (χ4n) is 2.79. The van der Waals surface area contributed by atoms with E-state index in [1.54, 1.807) is 0 Å². The number of aryl methyl sites for hydroxylation is 1. The Labute approximate surface area is 156 Å². The standard InChI is InChI=1S/C23H26N2O/c1-3-4-5-6-15-26-22-13-11-19(12-14-22)21-16-24-23(25-17-21)20-9-7-18(2)8-10-20/h7-14,16-17H,3-6,15H2,1-2H3. The van der Waals surface area contributed by atoms with Crippen LogP contribution in [0.25, 0.3) is 22.5 Å². The molecule has 134 valence electrons. The SMILES string of the molecule is CCCCCCOc1ccc(-c2cnc(-c3ccc(C)cc3)nc2)cc1. The number of rotatable bonds is 8. The Kier molecular flexibility index (Phi) is 6.37. The van der Waals surface area contributed by atoms with Crippen LogP contribution in [0.3, 0.4) is 0 Å². The van der Waals surface area contributed by atoms with Crippen molar-refractivity contribution in [1.82, 2.24) is 9.97 Å². The third-order valence-corrected chi connectivity index (χ3v) is 4.42. The Hall–Kier alpha value is -2.68. The van der Waals surface area contributed by atoms with E-state index < -0.39 is 0 Å². The first-order valence-electron chi connectivity index (χ1n) is 9.38. The number of hydrogen-bond acceptors (Lipinski definition) is 3. The highest BCUT2D eigenvalue weighted by atomic mass is 16.5. The van der Waals surface area contributed by atoms with E-state index in [-0.39, 0.29) is 0 Å². The number of benzene rings is 2. The lowest BCUT2D eigenvalue weighted by atomic mass is 10.1. The molecule has 0 aliphatic heterocycles. The van der Waals surface area contributed by atoms with Crippen molar-refractivity contribution < 1.29 is 4.74 Å². The first kappa shape index (κ1) is 18.1. The third-order valence-electron chi connectivity index (χ3n) is 4.42. The van der Waals surface area contributed by atoms with Gasteiger partial charge in [-0.1, -0.05) is 68.1 Å². The van der Waals surface area contributed by atoms with Crippen LogP contribution in [-0.4, -0.2) is 16.6 Å². The summed E-state index contributed by atoms with van der Waals surface area (Å²) in [6, 6.07) is 16.4. The molecule has 0 amide bonds. The second-order valence-corrected chi connectivity index (χ2v) is 6.59. The van der Waals surface area contributed by atoms with Gasteiger partial charge in [0.15, 0.2) is 5.82 Å². The molecule has 0 saturated carbocycles. The van der Waals surface area contributed by atoms with Gasteiger partial charge in [0.05, 0.1) is 6.61 Å². The van der Waals surface area contributed by atoms with Crippen LogP contribution < -0.4 is 4.74 Å². The average molecular weight is 346 g/mol. The lowest BCUT2D eigenvalue weighted by Crippen LogP contribution is -1.97. The van der Waals surface area contributed by atoms with E-state index in [0.717, 1.165) is 41.3 Å². The van der Waals surface area contributed by atoms with Gasteiger partial charge in [-0.15, -0.1) is 0 Å². The van der Waals surface area contributed by atoms with Gasteiger partial charge in [0.1, 0.15) is 5.75 Å². The number of nitrogens with zero attached hydrogens (tertiary/aromatic N) is 2. The van der Waals surface area contributed by atoms with Gasteiger partial charge >= 0.3 is 0 Å². The van der Waals surface area contributed by atoms with Gasteiger partial charge in [-0.25, -0.2) is 9.97 Å². The van der Waals surface area contributed by atoms with Crippen molar-refractivity contribution in [2.75, 3.05) is 6.61 Å². The van der Waals surface area contributed by atoms with Crippen LogP contribution in [0.15, 0.2) is 60.9 Å². The lowest BCUT2D eigenvalue weighted by molar-refractivity contribution is 0.305. The molecule has 0 spiro atoms. The van der Waals surface area contributed by atoms with Crippen molar-refractivity contribution in [3.8, 4) is 28.3 Å². The molecule has 0 saturated heterocycles. The molecule has 1 aromatic heterocycles. The number of aromatic nitrogens is 2. The zero-order valence-corrected chi connectivity index (χ0v) is 15.6. The first-order chi connectivity index (χ1) is 12.8. The molecule has 3 nitrogen and oxygen atoms in total. The molecule has 0 radical (unpaired) electrons. The Morgan fingerprint density at radius 3 is 2.04 bits per heavy atom. The van der Waals surface area contributed by atoms with Crippen LogP contribution in [-0.2, 0) is 0 Å². The molecule has 0 aliphatic rings. The van der Waals surface area contributed by atoms with Crippen LogP contribution in [0.5, 0.6) is 5.75 Å². The summed E-state index contributed by atoms with van der Waals surface area (Å²) < 4.78 is 5.80. The van der Waals surface area contributed by atoms with Gasteiger partial charge in [-0.2, -0.15) is 0 Å². The van der Waals surface area contributed by atoms with Gasteiger partial charge in [-0.05, 0) is 31.0 Å². The van der Waals surface area contributed by atoms with Crippen molar-refractivity contribution in [1.29, 1.82) is 0 Å². The summed E-state index contributed by atoms with van der Waals surface area (Å²) in [5.41, 5.74) is 4.38. The molecule has 3 heteroatoms. The molecule has 1 heterocycles. The monoisotopic (exact) mass is 346 g/mol. The summed E-state index contributed by atoms with van der Waals surface area (Å²) in [6.07, 6.45) is 8.63. The van der Waals surface area contributed by atoms with Crippen LogP contribution in [0.4, 0.5) is 0 Å². The Morgan fingerprint density at radius 1 is 0.731 bits per heavy atom. The molecule has 26 heavy (non-hydrogen) atoms. The molecule has 2 aromatic carbocycles. The number of unbranched alkanes of at least 4 members (excludes halogenated alkanes) is 3. The average Bonchev–Trinajstić information content (AvgIpc) is 2.69. The predicted octanol–water partition coefficient (Wildman–Crippen LogP) is 6.08. The fraction of sp³-hybridized carbons (Fsp3) is 0.304. The molecular weight excluding hydrogens is 320 g/mol. The van der Waals surface area contributed by atoms with E-state index in [9.17, 15) is 0 Å². The van der Waals surface area contributed by atoms with Crippen LogP contribution in [0.1, 0.15) is 38.2 Å². The number of hydrogen-bond donors (Lipinski definition) is 0. The second-order valence-electron chi connectivity index (χ2n) is 6.59. The van der Waals surface area contributed by atoms with E-state index in [2.05, 4.69) is 60.2 Å². The van der Waals surface area contributed by atoms with Gasteiger partial charge in [0.2, 0.25) is 0 Å². The summed E-state index contributed by atoms with van der Waals surface area (Å²) in [4.78, 5) is 9.03. The van der Waals surface area contributed by atoms with E-state index in [1.165, 1.54) is 24.8 Å². The minimum atomic E-state index is 0.751. The fourth-order valence-corrected chi connectivity index (χ4v) is 2.79. The van der Waals surface area contributed by atoms with Gasteiger partial charge in [-0.3, -0.25) is 0 Å². The molecular formula is C23H26N2O. The second kappa shape index (κ2) is 9.14. The van der Waals surface area contributed by atoms with Crippen LogP contribution in [0, 0.1) is 6.92 Å². The van der Waals surface area contributed by atoms with Crippen molar-refractivity contribution in [3.63, 3.8) is 0 Å². The molecule has 0 unspecified atom stereocenters. The highest BCUT2D eigenvalue weighted by Crippen LogP contribution is 2.23. The predicted molar refractivity (Wildman–Crippen MR) is 107 cm³/mol. The molecule has 0 atom stereocenters. The lowest BCUT2D eigenvalue weighted by Gasteiger charge is -2.07. The summed E-state index contributed by atoms with van der Waals surface area (Å²) in [5.74, 6) is 1.67. The summed E-state index contributed by atoms with van der Waals surface area (Å²) in [7, 11) is 0. The minimum absolute atomic E-state index is 0.751. The molecule has 3 rings (SSSR count). The maximum Gasteiger partial charge on any atom is 0.159 e. The highest BCUT2D eigenvalue weighted by Gasteiger charge is 2.04. The van der Waals surface area contributed by atoms with E-state index in [4.69, 9.17) is 4.74 Å². The Balaban J connectivity index is 1.61. The molecule has 0 aliphatic carbocycles. The normalized spacial score (nSPS) is 10.7. The van der Waals surface area contributed by atoms with E-state index >= 15 is 0 Å². The Morgan fingerprint density at radius 2 is 1.38 bits per heavy atom. The highest BCUT2D eigenvalue weighted by molar-refractivity contribution is 5.64. The smallest absolute Gasteiger partial charge is 0.159 e. The van der Waals surface area contributed by atoms with Crippen molar-refractivity contribution in [3.05, 3.63) is 66.5 Å². The van der Waals surface area contributed by atoms with Gasteiger partial charge in [0.25, 0.3) is 0 Å². The summed E-state index contributed by atoms with van der Waals surface area (Å²) in [5, 5.41) is 0. The molecule has 0 N–H and O–H groups in total. The minimum Gasteiger partial charge on any atom is -0.494 e. The zero-order chi connectivity index (χ0) is 18.2. The third kappa shape index (κ3) is 4.92. The van der Waals surface area contributed by atoms with E-state index in [0.29, 0.717) is 0 Å².